The first-order chi connectivity index (χ1) is 14.5. The quantitative estimate of drug-likeness (QED) is 0.604. The van der Waals surface area contributed by atoms with Crippen LogP contribution in [0.5, 0.6) is 0 Å². The molecule has 1 aliphatic heterocycles. The predicted molar refractivity (Wildman–Crippen MR) is 116 cm³/mol. The van der Waals surface area contributed by atoms with Gasteiger partial charge in [-0.2, -0.15) is 0 Å². The molecule has 3 aromatic rings. The summed E-state index contributed by atoms with van der Waals surface area (Å²) < 4.78 is 2.03. The van der Waals surface area contributed by atoms with Crippen molar-refractivity contribution >= 4 is 28.9 Å². The molecule has 1 aromatic heterocycles. The third-order valence-corrected chi connectivity index (χ3v) is 6.51. The van der Waals surface area contributed by atoms with Gasteiger partial charge in [0, 0.05) is 16.5 Å². The van der Waals surface area contributed by atoms with Gasteiger partial charge in [0.15, 0.2) is 0 Å². The number of carboxylic acid groups (broad SMARTS) is 2. The molecule has 0 bridgehead atoms. The molecule has 1 fully saturated rings. The summed E-state index contributed by atoms with van der Waals surface area (Å²) in [4.78, 5) is 23.6. The lowest BCUT2D eigenvalue weighted by Gasteiger charge is -2.24. The Morgan fingerprint density at radius 1 is 0.933 bits per heavy atom. The van der Waals surface area contributed by atoms with Crippen LogP contribution in [0.3, 0.4) is 0 Å². The highest BCUT2D eigenvalue weighted by molar-refractivity contribution is 6.01. The molecular weight excluding hydrogens is 378 g/mol. The molecule has 2 aromatic carbocycles. The molecule has 0 unspecified atom stereocenters. The highest BCUT2D eigenvalue weighted by Gasteiger charge is 2.30. The van der Waals surface area contributed by atoms with Gasteiger partial charge in [-0.05, 0) is 48.1 Å². The second-order valence-corrected chi connectivity index (χ2v) is 8.28. The first-order valence-corrected chi connectivity index (χ1v) is 10.5. The summed E-state index contributed by atoms with van der Waals surface area (Å²) >= 11 is 0. The highest BCUT2D eigenvalue weighted by atomic mass is 16.4. The molecule has 0 radical (unpaired) electrons. The molecule has 30 heavy (non-hydrogen) atoms. The monoisotopic (exact) mass is 401 g/mol. The fourth-order valence-corrected chi connectivity index (χ4v) is 5.14. The first-order valence-electron chi connectivity index (χ1n) is 10.5. The van der Waals surface area contributed by atoms with Crippen LogP contribution in [0.25, 0.3) is 28.2 Å². The van der Waals surface area contributed by atoms with Gasteiger partial charge in [-0.25, -0.2) is 9.59 Å². The Morgan fingerprint density at radius 2 is 1.70 bits per heavy atom. The van der Waals surface area contributed by atoms with E-state index in [1.54, 1.807) is 18.2 Å². The summed E-state index contributed by atoms with van der Waals surface area (Å²) in [5, 5.41) is 20.4. The van der Waals surface area contributed by atoms with E-state index in [-0.39, 0.29) is 12.1 Å². The Hall–Kier alpha value is -3.34. The lowest BCUT2D eigenvalue weighted by Crippen LogP contribution is -2.10. The van der Waals surface area contributed by atoms with Crippen molar-refractivity contribution in [1.82, 2.24) is 4.57 Å². The number of carboxylic acids is 2. The zero-order valence-electron chi connectivity index (χ0n) is 16.6. The molecule has 5 nitrogen and oxygen atoms in total. The van der Waals surface area contributed by atoms with Crippen LogP contribution in [0, 0.1) is 0 Å². The van der Waals surface area contributed by atoms with Gasteiger partial charge in [0.1, 0.15) is 0 Å². The molecule has 5 rings (SSSR count). The topological polar surface area (TPSA) is 79.5 Å². The van der Waals surface area contributed by atoms with Crippen molar-refractivity contribution in [3.63, 3.8) is 0 Å². The maximum Gasteiger partial charge on any atom is 0.335 e. The zero-order valence-corrected chi connectivity index (χ0v) is 16.6. The SMILES string of the molecule is O=C(O)C1=Cc2ccccc2-c2c(C3CCCCC3)c3ccc(C(=O)O)cc3n2C1. The Bertz CT molecular complexity index is 1210. The fourth-order valence-electron chi connectivity index (χ4n) is 5.14. The summed E-state index contributed by atoms with van der Waals surface area (Å²) in [6.07, 6.45) is 7.58. The van der Waals surface area contributed by atoms with E-state index in [1.807, 2.05) is 34.9 Å². The van der Waals surface area contributed by atoms with Crippen molar-refractivity contribution < 1.29 is 19.8 Å². The van der Waals surface area contributed by atoms with Crippen LogP contribution >= 0.6 is 0 Å². The third-order valence-electron chi connectivity index (χ3n) is 6.51. The number of hydrogen-bond acceptors (Lipinski definition) is 2. The molecular formula is C25H23NO4. The molecule has 0 saturated heterocycles. The number of hydrogen-bond donors (Lipinski definition) is 2. The second kappa shape index (κ2) is 7.17. The average Bonchev–Trinajstić information content (AvgIpc) is 2.96. The Morgan fingerprint density at radius 3 is 2.43 bits per heavy atom. The van der Waals surface area contributed by atoms with Crippen molar-refractivity contribution in [2.24, 2.45) is 0 Å². The van der Waals surface area contributed by atoms with Crippen LogP contribution in [0.2, 0.25) is 0 Å². The Kier molecular flexibility index (Phi) is 4.46. The van der Waals surface area contributed by atoms with Gasteiger partial charge in [-0.15, -0.1) is 0 Å². The summed E-state index contributed by atoms with van der Waals surface area (Å²) in [5.74, 6) is -1.53. The van der Waals surface area contributed by atoms with E-state index in [1.165, 1.54) is 24.8 Å². The molecule has 2 N–H and O–H groups in total. The minimum Gasteiger partial charge on any atom is -0.478 e. The van der Waals surface area contributed by atoms with Crippen molar-refractivity contribution in [3.8, 4) is 11.3 Å². The maximum atomic E-state index is 12.0. The molecule has 5 heteroatoms. The standard InChI is InChI=1S/C25H23NO4/c27-24(28)17-10-11-20-21(13-17)26-14-18(25(29)30)12-16-8-4-5-9-19(16)23(26)22(20)15-6-2-1-3-7-15/h4-5,8-13,15H,1-3,6-7,14H2,(H,27,28)(H,29,30). The first kappa shape index (κ1) is 18.7. The largest absolute Gasteiger partial charge is 0.478 e. The van der Waals surface area contributed by atoms with Crippen LogP contribution < -0.4 is 0 Å². The summed E-state index contributed by atoms with van der Waals surface area (Å²) in [5.41, 5.74) is 5.52. The lowest BCUT2D eigenvalue weighted by atomic mass is 9.81. The van der Waals surface area contributed by atoms with Gasteiger partial charge in [-0.3, -0.25) is 0 Å². The highest BCUT2D eigenvalue weighted by Crippen LogP contribution is 2.46. The summed E-state index contributed by atoms with van der Waals surface area (Å²) in [6.45, 7) is 0.214. The molecule has 0 amide bonds. The van der Waals surface area contributed by atoms with Gasteiger partial charge in [0.05, 0.1) is 23.4 Å². The van der Waals surface area contributed by atoms with Gasteiger partial charge in [0.25, 0.3) is 0 Å². The third kappa shape index (κ3) is 2.93. The number of carbonyl (C=O) groups is 2. The van der Waals surface area contributed by atoms with Crippen LogP contribution in [0.4, 0.5) is 0 Å². The molecule has 1 aliphatic carbocycles. The minimum atomic E-state index is -0.977. The van der Waals surface area contributed by atoms with E-state index in [0.29, 0.717) is 11.5 Å². The van der Waals surface area contributed by atoms with E-state index < -0.39 is 11.9 Å². The van der Waals surface area contributed by atoms with E-state index >= 15 is 0 Å². The minimum absolute atomic E-state index is 0.214. The van der Waals surface area contributed by atoms with E-state index in [4.69, 9.17) is 0 Å². The summed E-state index contributed by atoms with van der Waals surface area (Å²) in [7, 11) is 0. The van der Waals surface area contributed by atoms with Crippen LogP contribution in [-0.4, -0.2) is 26.7 Å². The number of aliphatic carboxylic acids is 1. The van der Waals surface area contributed by atoms with Crippen LogP contribution in [-0.2, 0) is 11.3 Å². The molecule has 1 saturated carbocycles. The van der Waals surface area contributed by atoms with Crippen molar-refractivity contribution in [2.45, 2.75) is 44.6 Å². The van der Waals surface area contributed by atoms with Crippen LogP contribution in [0.15, 0.2) is 48.0 Å². The van der Waals surface area contributed by atoms with Gasteiger partial charge >= 0.3 is 11.9 Å². The van der Waals surface area contributed by atoms with E-state index in [9.17, 15) is 19.8 Å². The molecule has 152 valence electrons. The van der Waals surface area contributed by atoms with Crippen LogP contribution in [0.1, 0.15) is 59.5 Å². The number of aromatic nitrogens is 1. The molecule has 2 aliphatic rings. The van der Waals surface area contributed by atoms with E-state index in [0.717, 1.165) is 40.6 Å². The normalized spacial score (nSPS) is 16.5. The number of aromatic carboxylic acids is 1. The number of nitrogens with zero attached hydrogens (tertiary/aromatic N) is 1. The van der Waals surface area contributed by atoms with Crippen molar-refractivity contribution in [1.29, 1.82) is 0 Å². The number of benzene rings is 2. The number of rotatable bonds is 3. The number of fused-ring (bicyclic) bond motifs is 5. The predicted octanol–water partition coefficient (Wildman–Crippen LogP) is 5.54. The molecule has 0 spiro atoms. The van der Waals surface area contributed by atoms with Gasteiger partial charge in [0.2, 0.25) is 0 Å². The zero-order chi connectivity index (χ0) is 20.8. The lowest BCUT2D eigenvalue weighted by molar-refractivity contribution is -0.132. The molecule has 0 atom stereocenters. The van der Waals surface area contributed by atoms with Gasteiger partial charge in [-0.1, -0.05) is 49.6 Å². The van der Waals surface area contributed by atoms with E-state index in [2.05, 4.69) is 0 Å². The maximum absolute atomic E-state index is 12.0. The van der Waals surface area contributed by atoms with Crippen molar-refractivity contribution in [2.75, 3.05) is 0 Å². The second-order valence-electron chi connectivity index (χ2n) is 8.28. The Labute approximate surface area is 174 Å². The van der Waals surface area contributed by atoms with Gasteiger partial charge < -0.3 is 14.8 Å². The molecule has 2 heterocycles. The summed E-state index contributed by atoms with van der Waals surface area (Å²) in [6, 6.07) is 13.2. The average molecular weight is 401 g/mol. The Balaban J connectivity index is 1.87. The smallest absolute Gasteiger partial charge is 0.335 e. The van der Waals surface area contributed by atoms with Crippen molar-refractivity contribution in [3.05, 3.63) is 64.7 Å². The fraction of sp³-hybridized carbons (Fsp3) is 0.280.